The van der Waals surface area contributed by atoms with Gasteiger partial charge in [-0.05, 0) is 48.7 Å². The van der Waals surface area contributed by atoms with E-state index in [-0.39, 0.29) is 12.5 Å². The fourth-order valence-electron chi connectivity index (χ4n) is 2.44. The molecule has 2 aromatic carbocycles. The van der Waals surface area contributed by atoms with E-state index in [1.807, 2.05) is 19.1 Å². The zero-order valence-corrected chi connectivity index (χ0v) is 13.7. The summed E-state index contributed by atoms with van der Waals surface area (Å²) in [5.74, 6) is -0.777. The zero-order chi connectivity index (χ0) is 16.8. The first-order chi connectivity index (χ1) is 11.0. The van der Waals surface area contributed by atoms with Crippen LogP contribution in [0, 0.1) is 11.6 Å². The van der Waals surface area contributed by atoms with Gasteiger partial charge in [-0.3, -0.25) is 0 Å². The molecular weight excluding hydrogens is 320 g/mol. The zero-order valence-electron chi connectivity index (χ0n) is 13.0. The maximum Gasteiger partial charge on any atom is 0.137 e. The van der Waals surface area contributed by atoms with Gasteiger partial charge in [0.2, 0.25) is 0 Å². The predicted octanol–water partition coefficient (Wildman–Crippen LogP) is 4.69. The Hall–Kier alpha value is -1.65. The Labute approximate surface area is 140 Å². The van der Waals surface area contributed by atoms with E-state index in [0.717, 1.165) is 18.1 Å². The van der Waals surface area contributed by atoms with Crippen molar-refractivity contribution in [2.24, 2.45) is 5.73 Å². The maximum atomic E-state index is 13.9. The van der Waals surface area contributed by atoms with Crippen LogP contribution in [0.25, 0.3) is 0 Å². The third-order valence-corrected chi connectivity index (χ3v) is 3.92. The van der Waals surface area contributed by atoms with E-state index < -0.39 is 11.6 Å². The Balaban J connectivity index is 2.17. The van der Waals surface area contributed by atoms with Gasteiger partial charge in [-0.2, -0.15) is 0 Å². The van der Waals surface area contributed by atoms with Gasteiger partial charge in [0.1, 0.15) is 17.4 Å². The van der Waals surface area contributed by atoms with Crippen LogP contribution >= 0.6 is 11.6 Å². The summed E-state index contributed by atoms with van der Waals surface area (Å²) in [6, 6.07) is 9.07. The van der Waals surface area contributed by atoms with Crippen molar-refractivity contribution < 1.29 is 13.5 Å². The standard InChI is InChI=1S/C18H20ClF2NO/c1-2-7-23-18-6-3-12(9-16(18)19)8-13(11-22)15-5-4-14(20)10-17(15)21/h3-6,9-10,13H,2,7-8,11,22H2,1H3. The van der Waals surface area contributed by atoms with Gasteiger partial charge in [0.15, 0.2) is 0 Å². The highest BCUT2D eigenvalue weighted by molar-refractivity contribution is 6.32. The van der Waals surface area contributed by atoms with Gasteiger partial charge < -0.3 is 10.5 Å². The van der Waals surface area contributed by atoms with E-state index in [1.54, 1.807) is 6.07 Å². The minimum atomic E-state index is -0.595. The molecule has 0 aliphatic heterocycles. The van der Waals surface area contributed by atoms with Crippen LogP contribution in [0.4, 0.5) is 8.78 Å². The predicted molar refractivity (Wildman–Crippen MR) is 89.1 cm³/mol. The van der Waals surface area contributed by atoms with Crippen LogP contribution in [0.15, 0.2) is 36.4 Å². The fourth-order valence-corrected chi connectivity index (χ4v) is 2.70. The van der Waals surface area contributed by atoms with E-state index in [1.165, 1.54) is 12.1 Å². The van der Waals surface area contributed by atoms with Crippen LogP contribution in [0.1, 0.15) is 30.4 Å². The molecule has 2 rings (SSSR count). The molecular formula is C18H20ClF2NO. The van der Waals surface area contributed by atoms with Gasteiger partial charge >= 0.3 is 0 Å². The monoisotopic (exact) mass is 339 g/mol. The van der Waals surface area contributed by atoms with Gasteiger partial charge in [-0.1, -0.05) is 30.7 Å². The average molecular weight is 340 g/mol. The van der Waals surface area contributed by atoms with E-state index in [9.17, 15) is 8.78 Å². The lowest BCUT2D eigenvalue weighted by Crippen LogP contribution is -2.16. The molecule has 0 aliphatic carbocycles. The smallest absolute Gasteiger partial charge is 0.137 e. The van der Waals surface area contributed by atoms with E-state index >= 15 is 0 Å². The molecule has 0 saturated carbocycles. The molecule has 23 heavy (non-hydrogen) atoms. The Morgan fingerprint density at radius 3 is 2.57 bits per heavy atom. The highest BCUT2D eigenvalue weighted by atomic mass is 35.5. The molecule has 0 bridgehead atoms. The molecule has 0 aromatic heterocycles. The molecule has 1 unspecified atom stereocenters. The van der Waals surface area contributed by atoms with Crippen molar-refractivity contribution in [2.45, 2.75) is 25.7 Å². The van der Waals surface area contributed by atoms with Crippen LogP contribution in [0.3, 0.4) is 0 Å². The van der Waals surface area contributed by atoms with Crippen molar-refractivity contribution in [3.8, 4) is 5.75 Å². The van der Waals surface area contributed by atoms with Gasteiger partial charge in [0, 0.05) is 12.0 Å². The second kappa shape index (κ2) is 8.27. The molecule has 0 saturated heterocycles. The summed E-state index contributed by atoms with van der Waals surface area (Å²) in [5.41, 5.74) is 7.12. The molecule has 2 aromatic rings. The highest BCUT2D eigenvalue weighted by Gasteiger charge is 2.16. The SMILES string of the molecule is CCCOc1ccc(CC(CN)c2ccc(F)cc2F)cc1Cl. The summed E-state index contributed by atoms with van der Waals surface area (Å²) >= 11 is 6.21. The molecule has 0 amide bonds. The first-order valence-corrected chi connectivity index (χ1v) is 7.99. The van der Waals surface area contributed by atoms with Crippen molar-refractivity contribution in [1.82, 2.24) is 0 Å². The van der Waals surface area contributed by atoms with Crippen molar-refractivity contribution in [3.05, 3.63) is 64.2 Å². The number of nitrogens with two attached hydrogens (primary N) is 1. The Kier molecular flexibility index (Phi) is 6.37. The Bertz CT molecular complexity index is 663. The molecule has 1 atom stereocenters. The summed E-state index contributed by atoms with van der Waals surface area (Å²) in [6.07, 6.45) is 1.42. The van der Waals surface area contributed by atoms with Crippen LogP contribution < -0.4 is 10.5 Å². The fraction of sp³-hybridized carbons (Fsp3) is 0.333. The summed E-state index contributed by atoms with van der Waals surface area (Å²) in [5, 5.41) is 0.520. The maximum absolute atomic E-state index is 13.9. The minimum absolute atomic E-state index is 0.242. The number of benzene rings is 2. The lowest BCUT2D eigenvalue weighted by Gasteiger charge is -2.17. The van der Waals surface area contributed by atoms with Gasteiger partial charge in [-0.15, -0.1) is 0 Å². The van der Waals surface area contributed by atoms with Crippen molar-refractivity contribution in [2.75, 3.05) is 13.2 Å². The van der Waals surface area contributed by atoms with Crippen LogP contribution in [-0.4, -0.2) is 13.2 Å². The molecule has 0 heterocycles. The molecule has 0 spiro atoms. The molecule has 0 fully saturated rings. The summed E-state index contributed by atoms with van der Waals surface area (Å²) in [6.45, 7) is 2.88. The van der Waals surface area contributed by atoms with Crippen molar-refractivity contribution >= 4 is 11.6 Å². The largest absolute Gasteiger partial charge is 0.492 e. The summed E-state index contributed by atoms with van der Waals surface area (Å²) in [4.78, 5) is 0. The number of halogens is 3. The highest BCUT2D eigenvalue weighted by Crippen LogP contribution is 2.29. The van der Waals surface area contributed by atoms with Gasteiger partial charge in [0.25, 0.3) is 0 Å². The minimum Gasteiger partial charge on any atom is -0.492 e. The normalized spacial score (nSPS) is 12.2. The lowest BCUT2D eigenvalue weighted by molar-refractivity contribution is 0.317. The molecule has 2 nitrogen and oxygen atoms in total. The van der Waals surface area contributed by atoms with E-state index in [0.29, 0.717) is 29.4 Å². The Morgan fingerprint density at radius 1 is 1.17 bits per heavy atom. The number of rotatable bonds is 7. The third-order valence-electron chi connectivity index (χ3n) is 3.63. The summed E-state index contributed by atoms with van der Waals surface area (Å²) in [7, 11) is 0. The molecule has 0 aliphatic rings. The first-order valence-electron chi connectivity index (χ1n) is 7.61. The van der Waals surface area contributed by atoms with Gasteiger partial charge in [-0.25, -0.2) is 8.78 Å². The van der Waals surface area contributed by atoms with Gasteiger partial charge in [0.05, 0.1) is 11.6 Å². The summed E-state index contributed by atoms with van der Waals surface area (Å²) < 4.78 is 32.5. The second-order valence-corrected chi connectivity index (χ2v) is 5.82. The lowest BCUT2D eigenvalue weighted by atomic mass is 9.91. The third kappa shape index (κ3) is 4.66. The molecule has 5 heteroatoms. The van der Waals surface area contributed by atoms with Crippen LogP contribution in [0.5, 0.6) is 5.75 Å². The van der Waals surface area contributed by atoms with Crippen LogP contribution in [-0.2, 0) is 6.42 Å². The van der Waals surface area contributed by atoms with Crippen LogP contribution in [0.2, 0.25) is 5.02 Å². The quantitative estimate of drug-likeness (QED) is 0.794. The van der Waals surface area contributed by atoms with E-state index in [4.69, 9.17) is 22.1 Å². The van der Waals surface area contributed by atoms with Crippen molar-refractivity contribution in [1.29, 1.82) is 0 Å². The first kappa shape index (κ1) is 17.7. The molecule has 2 N–H and O–H groups in total. The number of hydrogen-bond donors (Lipinski definition) is 1. The average Bonchev–Trinajstić information content (AvgIpc) is 2.52. The second-order valence-electron chi connectivity index (χ2n) is 5.42. The number of ether oxygens (including phenoxy) is 1. The number of hydrogen-bond acceptors (Lipinski definition) is 2. The molecule has 0 radical (unpaired) electrons. The Morgan fingerprint density at radius 2 is 1.96 bits per heavy atom. The van der Waals surface area contributed by atoms with E-state index in [2.05, 4.69) is 0 Å². The topological polar surface area (TPSA) is 35.2 Å². The van der Waals surface area contributed by atoms with Crippen molar-refractivity contribution in [3.63, 3.8) is 0 Å². The molecule has 124 valence electrons.